The number of allylic oxidation sites excluding steroid dienone is 1. The molecule has 1 aromatic rings. The van der Waals surface area contributed by atoms with Crippen molar-refractivity contribution in [3.8, 4) is 0 Å². The highest BCUT2D eigenvalue weighted by atomic mass is 19.1. The summed E-state index contributed by atoms with van der Waals surface area (Å²) in [6.07, 6.45) is 2.34. The quantitative estimate of drug-likeness (QED) is 0.766. The lowest BCUT2D eigenvalue weighted by Crippen LogP contribution is -2.27. The third-order valence-electron chi connectivity index (χ3n) is 2.60. The van der Waals surface area contributed by atoms with Gasteiger partial charge in [0.25, 0.3) is 0 Å². The Morgan fingerprint density at radius 3 is 2.62 bits per heavy atom. The van der Waals surface area contributed by atoms with Crippen molar-refractivity contribution >= 4 is 12.2 Å². The average Bonchev–Trinajstić information content (AvgIpc) is 2.30. The molecule has 1 N–H and O–H groups in total. The second kappa shape index (κ2) is 4.26. The van der Waals surface area contributed by atoms with Crippen LogP contribution in [-0.2, 0) is 9.59 Å². The van der Waals surface area contributed by atoms with Crippen LogP contribution in [0.5, 0.6) is 0 Å². The molecule has 1 atom stereocenters. The van der Waals surface area contributed by atoms with Gasteiger partial charge in [0, 0.05) is 24.1 Å². The first kappa shape index (κ1) is 10.5. The molecular weight excluding hydrogens is 209 g/mol. The van der Waals surface area contributed by atoms with Gasteiger partial charge in [-0.2, -0.15) is 0 Å². The molecule has 0 radical (unpaired) electrons. The maximum atomic E-state index is 12.7. The molecule has 1 heterocycles. The second-order valence-corrected chi connectivity index (χ2v) is 3.64. The molecule has 0 bridgehead atoms. The van der Waals surface area contributed by atoms with E-state index in [4.69, 9.17) is 0 Å². The fourth-order valence-corrected chi connectivity index (χ4v) is 1.75. The number of carbonyl (C=O) groups excluding carboxylic acids is 2. The number of benzene rings is 1. The maximum absolute atomic E-state index is 12.7. The van der Waals surface area contributed by atoms with E-state index in [0.29, 0.717) is 11.9 Å². The summed E-state index contributed by atoms with van der Waals surface area (Å²) in [5, 5.41) is 2.49. The summed E-state index contributed by atoms with van der Waals surface area (Å²) >= 11 is 0. The minimum Gasteiger partial charge on any atom is -0.332 e. The first-order valence-electron chi connectivity index (χ1n) is 4.91. The van der Waals surface area contributed by atoms with Crippen LogP contribution < -0.4 is 5.32 Å². The van der Waals surface area contributed by atoms with Crippen molar-refractivity contribution in [2.45, 2.75) is 12.3 Å². The van der Waals surface area contributed by atoms with E-state index in [2.05, 4.69) is 5.32 Å². The molecule has 1 aliphatic rings. The predicted molar refractivity (Wildman–Crippen MR) is 56.0 cm³/mol. The molecule has 0 fully saturated rings. The number of halogens is 1. The SMILES string of the molecule is O=CC1=CNC(=O)CC1c1ccc(F)cc1. The molecule has 82 valence electrons. The third kappa shape index (κ3) is 2.00. The first-order valence-corrected chi connectivity index (χ1v) is 4.91. The van der Waals surface area contributed by atoms with E-state index in [1.54, 1.807) is 12.1 Å². The Hall–Kier alpha value is -1.97. The zero-order chi connectivity index (χ0) is 11.5. The summed E-state index contributed by atoms with van der Waals surface area (Å²) in [5.74, 6) is -0.743. The summed E-state index contributed by atoms with van der Waals surface area (Å²) in [5.41, 5.74) is 1.28. The summed E-state index contributed by atoms with van der Waals surface area (Å²) in [6, 6.07) is 5.83. The van der Waals surface area contributed by atoms with Gasteiger partial charge in [-0.25, -0.2) is 4.39 Å². The Morgan fingerprint density at radius 2 is 2.00 bits per heavy atom. The number of rotatable bonds is 2. The minimum atomic E-state index is -0.333. The highest BCUT2D eigenvalue weighted by Gasteiger charge is 2.23. The van der Waals surface area contributed by atoms with Crippen LogP contribution in [0.25, 0.3) is 0 Å². The second-order valence-electron chi connectivity index (χ2n) is 3.64. The van der Waals surface area contributed by atoms with Crippen molar-refractivity contribution in [3.63, 3.8) is 0 Å². The molecular formula is C12H10FNO2. The van der Waals surface area contributed by atoms with Gasteiger partial charge in [0.2, 0.25) is 5.91 Å². The molecule has 16 heavy (non-hydrogen) atoms. The van der Waals surface area contributed by atoms with Gasteiger partial charge in [0.15, 0.2) is 0 Å². The fourth-order valence-electron chi connectivity index (χ4n) is 1.75. The smallest absolute Gasteiger partial charge is 0.224 e. The molecule has 2 rings (SSSR count). The number of hydrogen-bond donors (Lipinski definition) is 1. The largest absolute Gasteiger partial charge is 0.332 e. The molecule has 0 aromatic heterocycles. The van der Waals surface area contributed by atoms with E-state index in [1.165, 1.54) is 18.3 Å². The maximum Gasteiger partial charge on any atom is 0.224 e. The number of amides is 1. The molecule has 0 saturated heterocycles. The molecule has 1 unspecified atom stereocenters. The highest BCUT2D eigenvalue weighted by Crippen LogP contribution is 2.28. The lowest BCUT2D eigenvalue weighted by atomic mass is 9.87. The summed E-state index contributed by atoms with van der Waals surface area (Å²) in [4.78, 5) is 22.1. The number of nitrogens with one attached hydrogen (secondary N) is 1. The average molecular weight is 219 g/mol. The Kier molecular flexibility index (Phi) is 2.81. The van der Waals surface area contributed by atoms with Gasteiger partial charge in [-0.05, 0) is 17.7 Å². The summed E-state index contributed by atoms with van der Waals surface area (Å²) in [6.45, 7) is 0. The zero-order valence-electron chi connectivity index (χ0n) is 8.44. The lowest BCUT2D eigenvalue weighted by Gasteiger charge is -2.20. The third-order valence-corrected chi connectivity index (χ3v) is 2.60. The number of hydrogen-bond acceptors (Lipinski definition) is 2. The highest BCUT2D eigenvalue weighted by molar-refractivity contribution is 5.86. The van der Waals surface area contributed by atoms with Crippen LogP contribution in [0, 0.1) is 5.82 Å². The van der Waals surface area contributed by atoms with Gasteiger partial charge in [0.05, 0.1) is 0 Å². The predicted octanol–water partition coefficient (Wildman–Crippen LogP) is 1.51. The molecule has 4 heteroatoms. The normalized spacial score (nSPS) is 19.9. The van der Waals surface area contributed by atoms with Gasteiger partial charge in [-0.15, -0.1) is 0 Å². The van der Waals surface area contributed by atoms with E-state index >= 15 is 0 Å². The summed E-state index contributed by atoms with van der Waals surface area (Å²) < 4.78 is 12.7. The van der Waals surface area contributed by atoms with Crippen LogP contribution in [-0.4, -0.2) is 12.2 Å². The molecule has 3 nitrogen and oxygen atoms in total. The van der Waals surface area contributed by atoms with Crippen LogP contribution in [0.1, 0.15) is 17.9 Å². The van der Waals surface area contributed by atoms with Crippen molar-refractivity contribution < 1.29 is 14.0 Å². The van der Waals surface area contributed by atoms with Crippen LogP contribution >= 0.6 is 0 Å². The minimum absolute atomic E-state index is 0.139. The van der Waals surface area contributed by atoms with Crippen molar-refractivity contribution in [1.29, 1.82) is 0 Å². The van der Waals surface area contributed by atoms with Gasteiger partial charge in [-0.3, -0.25) is 9.59 Å². The molecule has 0 saturated carbocycles. The number of aldehydes is 1. The van der Waals surface area contributed by atoms with Crippen molar-refractivity contribution in [1.82, 2.24) is 5.32 Å². The van der Waals surface area contributed by atoms with Crippen LogP contribution in [0.15, 0.2) is 36.0 Å². The van der Waals surface area contributed by atoms with E-state index in [-0.39, 0.29) is 24.1 Å². The van der Waals surface area contributed by atoms with Gasteiger partial charge in [0.1, 0.15) is 12.1 Å². The van der Waals surface area contributed by atoms with E-state index in [0.717, 1.165) is 5.56 Å². The van der Waals surface area contributed by atoms with Gasteiger partial charge < -0.3 is 5.32 Å². The molecule has 0 aliphatic carbocycles. The van der Waals surface area contributed by atoms with Gasteiger partial charge in [-0.1, -0.05) is 12.1 Å². The van der Waals surface area contributed by atoms with E-state index < -0.39 is 0 Å². The lowest BCUT2D eigenvalue weighted by molar-refractivity contribution is -0.120. The molecule has 0 spiro atoms. The van der Waals surface area contributed by atoms with Gasteiger partial charge >= 0.3 is 0 Å². The molecule has 1 aromatic carbocycles. The molecule has 1 aliphatic heterocycles. The summed E-state index contributed by atoms with van der Waals surface area (Å²) in [7, 11) is 0. The van der Waals surface area contributed by atoms with Crippen molar-refractivity contribution in [2.24, 2.45) is 0 Å². The Bertz CT molecular complexity index is 451. The standard InChI is InChI=1S/C12H10FNO2/c13-10-3-1-8(2-4-10)11-5-12(16)14-6-9(11)7-15/h1-4,6-7,11H,5H2,(H,14,16). The van der Waals surface area contributed by atoms with Crippen molar-refractivity contribution in [2.75, 3.05) is 0 Å². The zero-order valence-corrected chi connectivity index (χ0v) is 8.44. The Balaban J connectivity index is 2.34. The monoisotopic (exact) mass is 219 g/mol. The fraction of sp³-hybridized carbons (Fsp3) is 0.167. The van der Waals surface area contributed by atoms with Crippen LogP contribution in [0.4, 0.5) is 4.39 Å². The van der Waals surface area contributed by atoms with E-state index in [9.17, 15) is 14.0 Å². The first-order chi connectivity index (χ1) is 7.70. The van der Waals surface area contributed by atoms with E-state index in [1.807, 2.05) is 0 Å². The van der Waals surface area contributed by atoms with Crippen molar-refractivity contribution in [3.05, 3.63) is 47.4 Å². The molecule has 1 amide bonds. The Morgan fingerprint density at radius 1 is 1.31 bits per heavy atom. The Labute approximate surface area is 92.0 Å². The van der Waals surface area contributed by atoms with Crippen LogP contribution in [0.3, 0.4) is 0 Å². The van der Waals surface area contributed by atoms with Crippen LogP contribution in [0.2, 0.25) is 0 Å². The topological polar surface area (TPSA) is 46.2 Å². The number of carbonyl (C=O) groups is 2.